The van der Waals surface area contributed by atoms with E-state index in [0.717, 1.165) is 16.8 Å². The molecule has 0 radical (unpaired) electrons. The van der Waals surface area contributed by atoms with Crippen LogP contribution in [-0.2, 0) is 6.42 Å². The van der Waals surface area contributed by atoms with Crippen molar-refractivity contribution in [2.75, 3.05) is 6.54 Å². The van der Waals surface area contributed by atoms with Crippen LogP contribution in [0.15, 0.2) is 35.1 Å². The second-order valence-corrected chi connectivity index (χ2v) is 6.10. The van der Waals surface area contributed by atoms with Gasteiger partial charge in [0.2, 0.25) is 0 Å². The Morgan fingerprint density at radius 2 is 1.95 bits per heavy atom. The Balaban J connectivity index is 2.19. The van der Waals surface area contributed by atoms with E-state index >= 15 is 0 Å². The number of imidazole rings is 1. The predicted molar refractivity (Wildman–Crippen MR) is 82.2 cm³/mol. The van der Waals surface area contributed by atoms with Crippen molar-refractivity contribution in [3.63, 3.8) is 0 Å². The molecule has 4 heteroatoms. The highest BCUT2D eigenvalue weighted by Gasteiger charge is 2.15. The van der Waals surface area contributed by atoms with Gasteiger partial charge in [0.05, 0.1) is 12.1 Å². The zero-order chi connectivity index (χ0) is 13.8. The Hall–Kier alpha value is -1.13. The lowest BCUT2D eigenvalue weighted by Gasteiger charge is -2.13. The van der Waals surface area contributed by atoms with Gasteiger partial charge in [0.15, 0.2) is 0 Å². The van der Waals surface area contributed by atoms with E-state index in [0.29, 0.717) is 12.5 Å². The van der Waals surface area contributed by atoms with Gasteiger partial charge in [0.25, 0.3) is 0 Å². The number of rotatable bonds is 5. The molecule has 1 unspecified atom stereocenters. The summed E-state index contributed by atoms with van der Waals surface area (Å²) >= 11 is 3.38. The number of aromatic nitrogens is 2. The maximum absolute atomic E-state index is 5.89. The molecule has 19 heavy (non-hydrogen) atoms. The lowest BCUT2D eigenvalue weighted by molar-refractivity contribution is 0.646. The molecular formula is C15H20BrN3. The zero-order valence-electron chi connectivity index (χ0n) is 11.4. The Morgan fingerprint density at radius 1 is 1.26 bits per heavy atom. The molecule has 1 heterocycles. The maximum atomic E-state index is 5.89. The van der Waals surface area contributed by atoms with Crippen LogP contribution in [0.2, 0.25) is 0 Å². The molecule has 1 aromatic heterocycles. The first kappa shape index (κ1) is 14.3. The lowest BCUT2D eigenvalue weighted by Crippen LogP contribution is -2.15. The van der Waals surface area contributed by atoms with Gasteiger partial charge in [-0.15, -0.1) is 0 Å². The molecule has 0 amide bonds. The van der Waals surface area contributed by atoms with Gasteiger partial charge in [-0.05, 0) is 39.4 Å². The van der Waals surface area contributed by atoms with Gasteiger partial charge in [-0.3, -0.25) is 0 Å². The summed E-state index contributed by atoms with van der Waals surface area (Å²) in [5, 5.41) is 0. The second-order valence-electron chi connectivity index (χ2n) is 5.24. The summed E-state index contributed by atoms with van der Waals surface area (Å²) in [5.74, 6) is 1.71. The SMILES string of the molecule is CC(C)Cc1ccc(C(CN)c2ncc(Br)[nH]2)cc1. The van der Waals surface area contributed by atoms with Gasteiger partial charge in [0.1, 0.15) is 10.4 Å². The fourth-order valence-corrected chi connectivity index (χ4v) is 2.56. The number of hydrogen-bond acceptors (Lipinski definition) is 2. The second kappa shape index (κ2) is 6.35. The molecule has 0 fully saturated rings. The Bertz CT molecular complexity index is 516. The minimum absolute atomic E-state index is 0.124. The molecule has 1 aromatic carbocycles. The molecule has 3 nitrogen and oxygen atoms in total. The standard InChI is InChI=1S/C15H20BrN3/c1-10(2)7-11-3-5-12(6-4-11)13(8-17)15-18-9-14(16)19-15/h3-6,9-10,13H,7-8,17H2,1-2H3,(H,18,19). The molecular weight excluding hydrogens is 302 g/mol. The summed E-state index contributed by atoms with van der Waals surface area (Å²) < 4.78 is 0.886. The first-order valence-electron chi connectivity index (χ1n) is 6.59. The quantitative estimate of drug-likeness (QED) is 0.886. The highest BCUT2D eigenvalue weighted by molar-refractivity contribution is 9.10. The van der Waals surface area contributed by atoms with Crippen molar-refractivity contribution < 1.29 is 0 Å². The maximum Gasteiger partial charge on any atom is 0.115 e. The molecule has 0 saturated heterocycles. The van der Waals surface area contributed by atoms with Crippen LogP contribution in [0, 0.1) is 5.92 Å². The van der Waals surface area contributed by atoms with E-state index in [9.17, 15) is 0 Å². The van der Waals surface area contributed by atoms with E-state index in [2.05, 4.69) is 64.0 Å². The molecule has 3 N–H and O–H groups in total. The summed E-state index contributed by atoms with van der Waals surface area (Å²) in [4.78, 5) is 7.55. The van der Waals surface area contributed by atoms with Crippen LogP contribution in [0.5, 0.6) is 0 Å². The van der Waals surface area contributed by atoms with E-state index in [4.69, 9.17) is 5.73 Å². The number of H-pyrrole nitrogens is 1. The summed E-state index contributed by atoms with van der Waals surface area (Å²) in [7, 11) is 0. The largest absolute Gasteiger partial charge is 0.336 e. The summed E-state index contributed by atoms with van der Waals surface area (Å²) in [6.45, 7) is 5.01. The van der Waals surface area contributed by atoms with E-state index in [1.54, 1.807) is 6.20 Å². The molecule has 0 saturated carbocycles. The number of hydrogen-bond donors (Lipinski definition) is 2. The summed E-state index contributed by atoms with van der Waals surface area (Å²) in [6.07, 6.45) is 2.88. The summed E-state index contributed by atoms with van der Waals surface area (Å²) in [6, 6.07) is 8.70. The van der Waals surface area contributed by atoms with Crippen LogP contribution in [-0.4, -0.2) is 16.5 Å². The zero-order valence-corrected chi connectivity index (χ0v) is 12.9. The van der Waals surface area contributed by atoms with Gasteiger partial charge in [-0.1, -0.05) is 38.1 Å². The average molecular weight is 322 g/mol. The van der Waals surface area contributed by atoms with Crippen molar-refractivity contribution in [2.24, 2.45) is 11.7 Å². The fourth-order valence-electron chi connectivity index (χ4n) is 2.25. The topological polar surface area (TPSA) is 54.7 Å². The van der Waals surface area contributed by atoms with Gasteiger partial charge in [0, 0.05) is 6.54 Å². The minimum Gasteiger partial charge on any atom is -0.336 e. The molecule has 102 valence electrons. The molecule has 2 aromatic rings. The predicted octanol–water partition coefficient (Wildman–Crippen LogP) is 3.46. The highest BCUT2D eigenvalue weighted by Crippen LogP contribution is 2.23. The van der Waals surface area contributed by atoms with E-state index in [1.807, 2.05) is 0 Å². The third-order valence-corrected chi connectivity index (χ3v) is 3.56. The first-order valence-corrected chi connectivity index (χ1v) is 7.38. The van der Waals surface area contributed by atoms with Gasteiger partial charge in [-0.2, -0.15) is 0 Å². The molecule has 0 aliphatic heterocycles. The molecule has 0 aliphatic rings. The Morgan fingerprint density at radius 3 is 2.42 bits per heavy atom. The van der Waals surface area contributed by atoms with Crippen LogP contribution in [0.4, 0.5) is 0 Å². The number of halogens is 1. The first-order chi connectivity index (χ1) is 9.10. The number of nitrogens with one attached hydrogen (secondary N) is 1. The monoisotopic (exact) mass is 321 g/mol. The fraction of sp³-hybridized carbons (Fsp3) is 0.400. The van der Waals surface area contributed by atoms with Gasteiger partial charge < -0.3 is 10.7 Å². The molecule has 0 spiro atoms. The average Bonchev–Trinajstić information content (AvgIpc) is 2.78. The number of benzene rings is 1. The third-order valence-electron chi connectivity index (χ3n) is 3.16. The smallest absolute Gasteiger partial charge is 0.115 e. The van der Waals surface area contributed by atoms with Crippen LogP contribution in [0.1, 0.15) is 36.7 Å². The minimum atomic E-state index is 0.124. The van der Waals surface area contributed by atoms with Crippen molar-refractivity contribution in [3.8, 4) is 0 Å². The summed E-state index contributed by atoms with van der Waals surface area (Å²) in [5.41, 5.74) is 8.47. The molecule has 2 rings (SSSR count). The van der Waals surface area contributed by atoms with Crippen LogP contribution in [0.3, 0.4) is 0 Å². The van der Waals surface area contributed by atoms with Crippen molar-refractivity contribution in [1.29, 1.82) is 0 Å². The van der Waals surface area contributed by atoms with E-state index < -0.39 is 0 Å². The van der Waals surface area contributed by atoms with Gasteiger partial charge >= 0.3 is 0 Å². The number of nitrogens with two attached hydrogens (primary N) is 1. The van der Waals surface area contributed by atoms with Crippen LogP contribution in [0.25, 0.3) is 0 Å². The van der Waals surface area contributed by atoms with Crippen LogP contribution < -0.4 is 5.73 Å². The number of nitrogens with zero attached hydrogens (tertiary/aromatic N) is 1. The van der Waals surface area contributed by atoms with E-state index in [1.165, 1.54) is 11.1 Å². The molecule has 0 aliphatic carbocycles. The van der Waals surface area contributed by atoms with Crippen molar-refractivity contribution in [3.05, 3.63) is 52.0 Å². The van der Waals surface area contributed by atoms with Crippen molar-refractivity contribution >= 4 is 15.9 Å². The Kier molecular flexibility index (Phi) is 4.77. The van der Waals surface area contributed by atoms with Crippen molar-refractivity contribution in [2.45, 2.75) is 26.2 Å². The van der Waals surface area contributed by atoms with E-state index in [-0.39, 0.29) is 5.92 Å². The molecule has 1 atom stereocenters. The number of aromatic amines is 1. The highest BCUT2D eigenvalue weighted by atomic mass is 79.9. The van der Waals surface area contributed by atoms with Crippen LogP contribution >= 0.6 is 15.9 Å². The normalized spacial score (nSPS) is 12.9. The van der Waals surface area contributed by atoms with Gasteiger partial charge in [-0.25, -0.2) is 4.98 Å². The third kappa shape index (κ3) is 3.67. The van der Waals surface area contributed by atoms with Crippen molar-refractivity contribution in [1.82, 2.24) is 9.97 Å². The Labute approximate surface area is 122 Å². The lowest BCUT2D eigenvalue weighted by atomic mass is 9.95. The molecule has 0 bridgehead atoms.